The SMILES string of the molecule is CC1=CCC[C@H]2[C@](C)(CC/C(C)=C/COP(=O)(O)OP(=O)([O-])O)[C@@H](C)CC[C@]12C. The maximum atomic E-state index is 11.5. The number of hydrogen-bond donors (Lipinski definition) is 2. The van der Waals surface area contributed by atoms with Gasteiger partial charge in [-0.15, -0.1) is 0 Å². The van der Waals surface area contributed by atoms with Crippen LogP contribution in [0, 0.1) is 22.7 Å². The number of phosphoric acid groups is 2. The summed E-state index contributed by atoms with van der Waals surface area (Å²) in [5.74, 6) is 1.26. The van der Waals surface area contributed by atoms with Gasteiger partial charge >= 0.3 is 7.82 Å². The second-order valence-electron chi connectivity index (χ2n) is 9.25. The van der Waals surface area contributed by atoms with Crippen LogP contribution in [0.2, 0.25) is 0 Å². The van der Waals surface area contributed by atoms with Crippen molar-refractivity contribution in [1.29, 1.82) is 0 Å². The van der Waals surface area contributed by atoms with E-state index in [1.54, 1.807) is 6.08 Å². The van der Waals surface area contributed by atoms with Gasteiger partial charge in [0.05, 0.1) is 6.61 Å². The quantitative estimate of drug-likeness (QED) is 0.391. The smallest absolute Gasteiger partial charge is 0.479 e. The van der Waals surface area contributed by atoms with Gasteiger partial charge in [-0.3, -0.25) is 9.09 Å². The van der Waals surface area contributed by atoms with Gasteiger partial charge in [0.1, 0.15) is 0 Å². The highest BCUT2D eigenvalue weighted by Gasteiger charge is 2.52. The fourth-order valence-electron chi connectivity index (χ4n) is 5.33. The van der Waals surface area contributed by atoms with E-state index in [4.69, 9.17) is 4.89 Å². The van der Waals surface area contributed by atoms with Gasteiger partial charge in [-0.2, -0.15) is 0 Å². The van der Waals surface area contributed by atoms with Crippen LogP contribution in [-0.2, 0) is 18.0 Å². The van der Waals surface area contributed by atoms with Crippen molar-refractivity contribution >= 4 is 15.6 Å². The van der Waals surface area contributed by atoms with Crippen molar-refractivity contribution in [3.63, 3.8) is 0 Å². The number of allylic oxidation sites excluding steroid dienone is 3. The predicted molar refractivity (Wildman–Crippen MR) is 111 cm³/mol. The van der Waals surface area contributed by atoms with Crippen LogP contribution in [0.4, 0.5) is 0 Å². The Morgan fingerprint density at radius 2 is 2.00 bits per heavy atom. The van der Waals surface area contributed by atoms with Crippen LogP contribution >= 0.6 is 15.6 Å². The van der Waals surface area contributed by atoms with Crippen LogP contribution in [0.25, 0.3) is 0 Å². The maximum absolute atomic E-state index is 11.5. The number of hydrogen-bond acceptors (Lipinski definition) is 5. The summed E-state index contributed by atoms with van der Waals surface area (Å²) in [7, 11) is -10.2. The van der Waals surface area contributed by atoms with E-state index in [9.17, 15) is 18.9 Å². The number of phosphoric ester groups is 1. The molecule has 0 radical (unpaired) electrons. The zero-order chi connectivity index (χ0) is 22.1. The van der Waals surface area contributed by atoms with Gasteiger partial charge < -0.3 is 14.7 Å². The summed E-state index contributed by atoms with van der Waals surface area (Å²) in [6, 6.07) is 0. The summed E-state index contributed by atoms with van der Waals surface area (Å²) in [5, 5.41) is 0. The molecule has 6 atom stereocenters. The lowest BCUT2D eigenvalue weighted by molar-refractivity contribution is -0.212. The normalized spacial score (nSPS) is 37.2. The van der Waals surface area contributed by atoms with Crippen LogP contribution in [0.5, 0.6) is 0 Å². The largest absolute Gasteiger partial charge is 0.756 e. The van der Waals surface area contributed by atoms with Crippen LogP contribution < -0.4 is 4.89 Å². The van der Waals surface area contributed by atoms with E-state index in [0.29, 0.717) is 11.8 Å². The van der Waals surface area contributed by atoms with Gasteiger partial charge in [-0.25, -0.2) is 8.88 Å². The summed E-state index contributed by atoms with van der Waals surface area (Å²) in [6.07, 6.45) is 10.7. The molecule has 0 spiro atoms. The molecule has 0 aromatic rings. The van der Waals surface area contributed by atoms with Crippen molar-refractivity contribution in [3.8, 4) is 0 Å². The first-order valence-electron chi connectivity index (χ1n) is 10.2. The van der Waals surface area contributed by atoms with Crippen molar-refractivity contribution in [3.05, 3.63) is 23.3 Å². The average Bonchev–Trinajstić information content (AvgIpc) is 2.57. The molecule has 2 unspecified atom stereocenters. The number of rotatable bonds is 8. The first-order valence-corrected chi connectivity index (χ1v) is 13.2. The molecule has 7 nitrogen and oxygen atoms in total. The standard InChI is InChI=1S/C20H36O7P2/c1-15(11-14-26-29(24,25)27-28(21,22)23)9-12-19(4)17(3)10-13-20(5)16(2)7-6-8-18(19)20/h7,11,17-18H,6,8-10,12-14H2,1-5H3,(H,24,25)(H2,21,22,23)/p-1/b15-11+/t17-,18-,19+,20+/m0/s1. The minimum Gasteiger partial charge on any atom is -0.756 e. The first kappa shape index (κ1) is 25.0. The minimum absolute atomic E-state index is 0.208. The zero-order valence-electron chi connectivity index (χ0n) is 18.1. The third-order valence-electron chi connectivity index (χ3n) is 7.53. The molecule has 2 aliphatic rings. The Morgan fingerprint density at radius 3 is 2.62 bits per heavy atom. The third-order valence-corrected chi connectivity index (χ3v) is 9.65. The van der Waals surface area contributed by atoms with Crippen LogP contribution in [0.1, 0.15) is 73.1 Å². The monoisotopic (exact) mass is 449 g/mol. The third kappa shape index (κ3) is 6.13. The topological polar surface area (TPSA) is 116 Å². The Balaban J connectivity index is 2.00. The molecule has 9 heteroatoms. The fraction of sp³-hybridized carbons (Fsp3) is 0.800. The molecule has 0 amide bonds. The minimum atomic E-state index is -5.34. The predicted octanol–water partition coefficient (Wildman–Crippen LogP) is 5.11. The molecule has 0 saturated heterocycles. The molecule has 1 fully saturated rings. The van der Waals surface area contributed by atoms with Crippen molar-refractivity contribution < 1.29 is 32.6 Å². The van der Waals surface area contributed by atoms with Gasteiger partial charge in [-0.1, -0.05) is 44.1 Å². The van der Waals surface area contributed by atoms with Gasteiger partial charge in [0, 0.05) is 0 Å². The van der Waals surface area contributed by atoms with Crippen LogP contribution in [0.15, 0.2) is 23.3 Å². The van der Waals surface area contributed by atoms with Gasteiger partial charge in [-0.05, 0) is 75.0 Å². The van der Waals surface area contributed by atoms with E-state index >= 15 is 0 Å². The molecule has 0 bridgehead atoms. The van der Waals surface area contributed by atoms with E-state index in [1.165, 1.54) is 24.8 Å². The fourth-order valence-corrected chi connectivity index (χ4v) is 6.82. The molecule has 1 saturated carbocycles. The Kier molecular flexibility index (Phi) is 7.83. The highest BCUT2D eigenvalue weighted by molar-refractivity contribution is 7.60. The second kappa shape index (κ2) is 9.08. The summed E-state index contributed by atoms with van der Waals surface area (Å²) in [4.78, 5) is 28.4. The lowest BCUT2D eigenvalue weighted by Crippen LogP contribution is -2.49. The van der Waals surface area contributed by atoms with E-state index < -0.39 is 15.6 Å². The zero-order valence-corrected chi connectivity index (χ0v) is 19.9. The Labute approximate surface area is 174 Å². The Hall–Kier alpha value is -0.260. The van der Waals surface area contributed by atoms with Crippen molar-refractivity contribution in [2.45, 2.75) is 73.1 Å². The maximum Gasteiger partial charge on any atom is 0.479 e. The molecule has 2 aliphatic carbocycles. The highest BCUT2D eigenvalue weighted by atomic mass is 31.3. The Bertz CT molecular complexity index is 756. The van der Waals surface area contributed by atoms with Crippen molar-refractivity contribution in [2.24, 2.45) is 22.7 Å². The van der Waals surface area contributed by atoms with Crippen molar-refractivity contribution in [1.82, 2.24) is 0 Å². The summed E-state index contributed by atoms with van der Waals surface area (Å²) < 4.78 is 30.3. The van der Waals surface area contributed by atoms with E-state index in [1.807, 2.05) is 6.92 Å². The lowest BCUT2D eigenvalue weighted by atomic mass is 9.47. The molecule has 2 N–H and O–H groups in total. The average molecular weight is 449 g/mol. The summed E-state index contributed by atoms with van der Waals surface area (Å²) in [6.45, 7) is 11.1. The lowest BCUT2D eigenvalue weighted by Gasteiger charge is -2.58. The van der Waals surface area contributed by atoms with Crippen molar-refractivity contribution in [2.75, 3.05) is 6.61 Å². The molecule has 0 aromatic heterocycles. The molecule has 2 rings (SSSR count). The van der Waals surface area contributed by atoms with Crippen LogP contribution in [-0.4, -0.2) is 16.4 Å². The van der Waals surface area contributed by atoms with E-state index in [2.05, 4.69) is 42.6 Å². The molecule has 0 aromatic carbocycles. The van der Waals surface area contributed by atoms with Gasteiger partial charge in [0.15, 0.2) is 0 Å². The molecule has 0 aliphatic heterocycles. The summed E-state index contributed by atoms with van der Waals surface area (Å²) >= 11 is 0. The second-order valence-corrected chi connectivity index (χ2v) is 12.0. The first-order chi connectivity index (χ1) is 13.2. The van der Waals surface area contributed by atoms with E-state index in [-0.39, 0.29) is 17.4 Å². The van der Waals surface area contributed by atoms with Crippen LogP contribution in [0.3, 0.4) is 0 Å². The highest BCUT2D eigenvalue weighted by Crippen LogP contribution is 2.62. The molecule has 29 heavy (non-hydrogen) atoms. The molecular formula is C20H35O7P2-. The molecule has 168 valence electrons. The number of fused-ring (bicyclic) bond motifs is 1. The van der Waals surface area contributed by atoms with E-state index in [0.717, 1.165) is 24.8 Å². The summed E-state index contributed by atoms with van der Waals surface area (Å²) in [5.41, 5.74) is 2.99. The van der Waals surface area contributed by atoms with Gasteiger partial charge in [0.25, 0.3) is 7.82 Å². The Morgan fingerprint density at radius 1 is 1.34 bits per heavy atom. The molecular weight excluding hydrogens is 414 g/mol. The van der Waals surface area contributed by atoms with Gasteiger partial charge in [0.2, 0.25) is 0 Å². The molecule has 0 heterocycles.